The Labute approximate surface area is 136 Å². The molecule has 0 aliphatic heterocycles. The van der Waals surface area contributed by atoms with Crippen molar-refractivity contribution in [2.24, 2.45) is 0 Å². The fraction of sp³-hybridized carbons (Fsp3) is 0.500. The first kappa shape index (κ1) is 14.7. The third-order valence-electron chi connectivity index (χ3n) is 2.91. The maximum Gasteiger partial charge on any atom is 1.00 e. The number of pyridine rings is 1. The first-order valence-corrected chi connectivity index (χ1v) is 5.05. The van der Waals surface area contributed by atoms with Crippen molar-refractivity contribution in [1.29, 1.82) is 0 Å². The van der Waals surface area contributed by atoms with Gasteiger partial charge in [0.1, 0.15) is 0 Å². The van der Waals surface area contributed by atoms with Crippen molar-refractivity contribution in [2.75, 3.05) is 0 Å². The molecule has 82 valence electrons. The minimum Gasteiger partial charge on any atom is -0.449 e. The molecule has 16 heavy (non-hydrogen) atoms. The molecule has 0 aromatic carbocycles. The van der Waals surface area contributed by atoms with E-state index in [0.717, 1.165) is 18.5 Å². The van der Waals surface area contributed by atoms with Gasteiger partial charge in [-0.1, -0.05) is 18.8 Å². The summed E-state index contributed by atoms with van der Waals surface area (Å²) in [5.74, 6) is 0. The summed E-state index contributed by atoms with van der Waals surface area (Å²) in [7, 11) is 0. The van der Waals surface area contributed by atoms with Gasteiger partial charge < -0.3 is 12.9 Å². The van der Waals surface area contributed by atoms with Crippen LogP contribution in [0.15, 0.2) is 18.3 Å². The second-order valence-electron chi connectivity index (χ2n) is 4.52. The van der Waals surface area contributed by atoms with E-state index in [1.807, 2.05) is 6.92 Å². The SMILES string of the molecule is CC1(c2cc(C[B-](F)(F)F)ccn2)CC1.[K+]. The molecule has 1 aliphatic rings. The third kappa shape index (κ3) is 3.84. The summed E-state index contributed by atoms with van der Waals surface area (Å²) >= 11 is 0. The molecule has 0 amide bonds. The number of nitrogens with zero attached hydrogens (tertiary/aromatic N) is 1. The average molecular weight is 253 g/mol. The Hall–Kier alpha value is 0.641. The van der Waals surface area contributed by atoms with Gasteiger partial charge in [0.05, 0.1) is 0 Å². The van der Waals surface area contributed by atoms with E-state index >= 15 is 0 Å². The van der Waals surface area contributed by atoms with Gasteiger partial charge in [0.2, 0.25) is 0 Å². The molecule has 0 N–H and O–H groups in total. The summed E-state index contributed by atoms with van der Waals surface area (Å²) in [6.07, 6.45) is 2.74. The van der Waals surface area contributed by atoms with Gasteiger partial charge in [0, 0.05) is 17.3 Å². The van der Waals surface area contributed by atoms with E-state index < -0.39 is 13.3 Å². The van der Waals surface area contributed by atoms with Crippen molar-refractivity contribution in [2.45, 2.75) is 31.5 Å². The average Bonchev–Trinajstić information content (AvgIpc) is 2.82. The molecule has 1 saturated carbocycles. The van der Waals surface area contributed by atoms with Gasteiger partial charge in [-0.05, 0) is 25.0 Å². The predicted octanol–water partition coefficient (Wildman–Crippen LogP) is 0.0662. The molecule has 1 aromatic rings. The van der Waals surface area contributed by atoms with Crippen LogP contribution in [0, 0.1) is 0 Å². The van der Waals surface area contributed by atoms with Crippen LogP contribution in [0.1, 0.15) is 31.0 Å². The van der Waals surface area contributed by atoms with Crippen LogP contribution in [0.4, 0.5) is 12.9 Å². The fourth-order valence-corrected chi connectivity index (χ4v) is 1.64. The van der Waals surface area contributed by atoms with Gasteiger partial charge in [-0.2, -0.15) is 0 Å². The second kappa shape index (κ2) is 5.10. The standard InChI is InChI=1S/C10H12BF3N.K/c1-10(3-4-10)9-6-8(2-5-15-9)7-11(12,13)14;/h2,5-6H,3-4,7H2,1H3;/q-1;+1. The Bertz CT molecular complexity index is 377. The second-order valence-corrected chi connectivity index (χ2v) is 4.52. The molecule has 0 bridgehead atoms. The first-order valence-electron chi connectivity index (χ1n) is 5.05. The minimum atomic E-state index is -4.74. The smallest absolute Gasteiger partial charge is 0.449 e. The Morgan fingerprint density at radius 2 is 2.00 bits per heavy atom. The van der Waals surface area contributed by atoms with Gasteiger partial charge >= 0.3 is 58.4 Å². The van der Waals surface area contributed by atoms with E-state index in [4.69, 9.17) is 0 Å². The van der Waals surface area contributed by atoms with Crippen LogP contribution < -0.4 is 51.4 Å². The molecule has 6 heteroatoms. The molecule has 2 rings (SSSR count). The molecule has 1 nitrogen and oxygen atoms in total. The summed E-state index contributed by atoms with van der Waals surface area (Å²) in [5.41, 5.74) is 1.18. The van der Waals surface area contributed by atoms with E-state index in [1.54, 1.807) is 6.07 Å². The molecule has 1 aliphatic carbocycles. The summed E-state index contributed by atoms with van der Waals surface area (Å²) < 4.78 is 36.7. The normalized spacial score (nSPS) is 17.8. The van der Waals surface area contributed by atoms with Gasteiger partial charge in [0.15, 0.2) is 0 Å². The topological polar surface area (TPSA) is 12.9 Å². The van der Waals surface area contributed by atoms with Crippen molar-refractivity contribution in [1.82, 2.24) is 4.98 Å². The zero-order valence-electron chi connectivity index (χ0n) is 9.51. The zero-order valence-corrected chi connectivity index (χ0v) is 12.6. The van der Waals surface area contributed by atoms with E-state index in [-0.39, 0.29) is 56.8 Å². The molecule has 0 spiro atoms. The summed E-state index contributed by atoms with van der Waals surface area (Å²) in [5, 5.41) is 0. The molecule has 0 atom stereocenters. The maximum absolute atomic E-state index is 12.2. The number of hydrogen-bond acceptors (Lipinski definition) is 1. The van der Waals surface area contributed by atoms with Crippen LogP contribution in [0.25, 0.3) is 0 Å². The van der Waals surface area contributed by atoms with Crippen molar-refractivity contribution in [3.05, 3.63) is 29.6 Å². The van der Waals surface area contributed by atoms with Crippen molar-refractivity contribution in [3.8, 4) is 0 Å². The first-order chi connectivity index (χ1) is 6.89. The Kier molecular flexibility index (Phi) is 4.69. The molecule has 1 aromatic heterocycles. The summed E-state index contributed by atoms with van der Waals surface area (Å²) in [4.78, 5) is 4.14. The van der Waals surface area contributed by atoms with Crippen molar-refractivity contribution < 1.29 is 64.3 Å². The number of halogens is 3. The van der Waals surface area contributed by atoms with E-state index in [2.05, 4.69) is 4.98 Å². The maximum atomic E-state index is 12.2. The van der Waals surface area contributed by atoms with Crippen molar-refractivity contribution >= 4 is 6.98 Å². The quantitative estimate of drug-likeness (QED) is 0.694. The van der Waals surface area contributed by atoms with E-state index in [0.29, 0.717) is 5.56 Å². The predicted molar refractivity (Wildman–Crippen MR) is 53.6 cm³/mol. The molecule has 0 unspecified atom stereocenters. The van der Waals surface area contributed by atoms with Crippen LogP contribution in [0.3, 0.4) is 0 Å². The molecule has 1 fully saturated rings. The molecule has 0 radical (unpaired) electrons. The molecule has 1 heterocycles. The van der Waals surface area contributed by atoms with E-state index in [1.165, 1.54) is 12.3 Å². The Morgan fingerprint density at radius 1 is 1.38 bits per heavy atom. The fourth-order valence-electron chi connectivity index (χ4n) is 1.64. The Morgan fingerprint density at radius 3 is 2.50 bits per heavy atom. The van der Waals surface area contributed by atoms with Crippen LogP contribution in [-0.2, 0) is 11.7 Å². The number of aromatic nitrogens is 1. The molecular formula is C10H12BF3KN. The van der Waals surface area contributed by atoms with Crippen LogP contribution >= 0.6 is 0 Å². The molecule has 0 saturated heterocycles. The minimum absolute atomic E-state index is 0. The van der Waals surface area contributed by atoms with Crippen LogP contribution in [-0.4, -0.2) is 12.0 Å². The third-order valence-corrected chi connectivity index (χ3v) is 2.91. The monoisotopic (exact) mass is 253 g/mol. The van der Waals surface area contributed by atoms with E-state index in [9.17, 15) is 12.9 Å². The van der Waals surface area contributed by atoms with Gasteiger partial charge in [-0.25, -0.2) is 0 Å². The molecular weight excluding hydrogens is 241 g/mol. The number of hydrogen-bond donors (Lipinski definition) is 0. The summed E-state index contributed by atoms with van der Waals surface area (Å²) in [6.45, 7) is -2.70. The van der Waals surface area contributed by atoms with Gasteiger partial charge in [-0.3, -0.25) is 4.98 Å². The zero-order chi connectivity index (χ0) is 11.1. The largest absolute Gasteiger partial charge is 1.00 e. The van der Waals surface area contributed by atoms with Crippen LogP contribution in [0.5, 0.6) is 0 Å². The van der Waals surface area contributed by atoms with Crippen molar-refractivity contribution in [3.63, 3.8) is 0 Å². The Balaban J connectivity index is 0.00000128. The number of rotatable bonds is 3. The van der Waals surface area contributed by atoms with Gasteiger partial charge in [0.25, 0.3) is 0 Å². The van der Waals surface area contributed by atoms with Gasteiger partial charge in [-0.15, -0.1) is 0 Å². The van der Waals surface area contributed by atoms with Crippen LogP contribution in [0.2, 0.25) is 0 Å². The summed E-state index contributed by atoms with van der Waals surface area (Å²) in [6, 6.07) is 3.05.